The standard InChI is InChI=1S/C17H21NO3S/c1-12(2)21-16-6-4-3-5-13(16)9-17(20)18-10-15(19)14-7-8-22-11-14/h3-8,11-12,15,19H,9-10H2,1-2H3,(H,18,20). The maximum absolute atomic E-state index is 12.0. The zero-order valence-electron chi connectivity index (χ0n) is 12.8. The Hall–Kier alpha value is -1.85. The smallest absolute Gasteiger partial charge is 0.224 e. The third-order valence-electron chi connectivity index (χ3n) is 3.11. The lowest BCUT2D eigenvalue weighted by Crippen LogP contribution is -2.29. The first-order chi connectivity index (χ1) is 10.6. The van der Waals surface area contributed by atoms with E-state index in [0.29, 0.717) is 0 Å². The summed E-state index contributed by atoms with van der Waals surface area (Å²) in [7, 11) is 0. The molecule has 5 heteroatoms. The maximum atomic E-state index is 12.0. The SMILES string of the molecule is CC(C)Oc1ccccc1CC(=O)NCC(O)c1ccsc1. The Kier molecular flexibility index (Phi) is 5.98. The van der Waals surface area contributed by atoms with Crippen molar-refractivity contribution in [3.8, 4) is 5.75 Å². The van der Waals surface area contributed by atoms with Crippen LogP contribution in [0.4, 0.5) is 0 Å². The predicted molar refractivity (Wildman–Crippen MR) is 88.2 cm³/mol. The van der Waals surface area contributed by atoms with Crippen LogP contribution in [0, 0.1) is 0 Å². The monoisotopic (exact) mass is 319 g/mol. The van der Waals surface area contributed by atoms with Crippen molar-refractivity contribution < 1.29 is 14.6 Å². The molecule has 2 N–H and O–H groups in total. The summed E-state index contributed by atoms with van der Waals surface area (Å²) in [6.45, 7) is 4.12. The minimum absolute atomic E-state index is 0.0598. The summed E-state index contributed by atoms with van der Waals surface area (Å²) in [5.41, 5.74) is 1.67. The average molecular weight is 319 g/mol. The molecule has 1 heterocycles. The number of hydrogen-bond acceptors (Lipinski definition) is 4. The van der Waals surface area contributed by atoms with E-state index in [4.69, 9.17) is 4.74 Å². The van der Waals surface area contributed by atoms with Gasteiger partial charge < -0.3 is 15.2 Å². The van der Waals surface area contributed by atoms with Crippen molar-refractivity contribution in [3.05, 3.63) is 52.2 Å². The summed E-state index contributed by atoms with van der Waals surface area (Å²) < 4.78 is 5.70. The molecule has 0 fully saturated rings. The zero-order chi connectivity index (χ0) is 15.9. The van der Waals surface area contributed by atoms with Crippen LogP contribution in [0.25, 0.3) is 0 Å². The molecule has 22 heavy (non-hydrogen) atoms. The van der Waals surface area contributed by atoms with Gasteiger partial charge in [0.05, 0.1) is 18.6 Å². The highest BCUT2D eigenvalue weighted by atomic mass is 32.1. The minimum Gasteiger partial charge on any atom is -0.491 e. The van der Waals surface area contributed by atoms with Crippen molar-refractivity contribution in [1.82, 2.24) is 5.32 Å². The van der Waals surface area contributed by atoms with Crippen molar-refractivity contribution >= 4 is 17.2 Å². The highest BCUT2D eigenvalue weighted by Crippen LogP contribution is 2.20. The Balaban J connectivity index is 1.89. The fourth-order valence-electron chi connectivity index (χ4n) is 2.05. The molecule has 1 aromatic heterocycles. The van der Waals surface area contributed by atoms with Crippen molar-refractivity contribution in [1.29, 1.82) is 0 Å². The van der Waals surface area contributed by atoms with Crippen LogP contribution in [0.1, 0.15) is 31.1 Å². The molecule has 2 aromatic rings. The number of aliphatic hydroxyl groups is 1. The summed E-state index contributed by atoms with van der Waals surface area (Å²) in [6, 6.07) is 9.37. The van der Waals surface area contributed by atoms with Gasteiger partial charge >= 0.3 is 0 Å². The van der Waals surface area contributed by atoms with E-state index >= 15 is 0 Å². The predicted octanol–water partition coefficient (Wildman–Crippen LogP) is 2.93. The molecular weight excluding hydrogens is 298 g/mol. The van der Waals surface area contributed by atoms with Gasteiger partial charge in [-0.3, -0.25) is 4.79 Å². The van der Waals surface area contributed by atoms with E-state index in [1.54, 1.807) is 0 Å². The third kappa shape index (κ3) is 4.86. The van der Waals surface area contributed by atoms with Gasteiger partial charge in [0, 0.05) is 12.1 Å². The highest BCUT2D eigenvalue weighted by molar-refractivity contribution is 7.07. The number of hydrogen-bond donors (Lipinski definition) is 2. The zero-order valence-corrected chi connectivity index (χ0v) is 13.6. The van der Waals surface area contributed by atoms with Crippen molar-refractivity contribution in [2.75, 3.05) is 6.54 Å². The van der Waals surface area contributed by atoms with Crippen LogP contribution in [0.2, 0.25) is 0 Å². The molecule has 1 amide bonds. The molecule has 0 saturated heterocycles. The second-order valence-electron chi connectivity index (χ2n) is 5.33. The first-order valence-electron chi connectivity index (χ1n) is 7.27. The van der Waals surface area contributed by atoms with E-state index < -0.39 is 6.10 Å². The summed E-state index contributed by atoms with van der Waals surface area (Å²) in [5, 5.41) is 16.5. The lowest BCUT2D eigenvalue weighted by atomic mass is 10.1. The van der Waals surface area contributed by atoms with E-state index in [9.17, 15) is 9.90 Å². The second-order valence-corrected chi connectivity index (χ2v) is 6.11. The molecule has 1 atom stereocenters. The van der Waals surface area contributed by atoms with Gasteiger partial charge in [-0.25, -0.2) is 0 Å². The van der Waals surface area contributed by atoms with Crippen LogP contribution in [-0.4, -0.2) is 23.7 Å². The van der Waals surface area contributed by atoms with Gasteiger partial charge in [-0.1, -0.05) is 18.2 Å². The normalized spacial score (nSPS) is 12.2. The molecule has 0 aliphatic heterocycles. The quantitative estimate of drug-likeness (QED) is 0.825. The second kappa shape index (κ2) is 7.96. The van der Waals surface area contributed by atoms with Gasteiger partial charge in [-0.2, -0.15) is 11.3 Å². The number of para-hydroxylation sites is 1. The van der Waals surface area contributed by atoms with Crippen LogP contribution in [0.3, 0.4) is 0 Å². The number of aliphatic hydroxyl groups excluding tert-OH is 1. The molecule has 118 valence electrons. The van der Waals surface area contributed by atoms with E-state index in [1.165, 1.54) is 11.3 Å². The third-order valence-corrected chi connectivity index (χ3v) is 3.81. The topological polar surface area (TPSA) is 58.6 Å². The molecule has 1 unspecified atom stereocenters. The fraction of sp³-hybridized carbons (Fsp3) is 0.353. The van der Waals surface area contributed by atoms with Crippen molar-refractivity contribution in [2.45, 2.75) is 32.5 Å². The number of ether oxygens (including phenoxy) is 1. The molecule has 4 nitrogen and oxygen atoms in total. The van der Waals surface area contributed by atoms with E-state index in [2.05, 4.69) is 5.32 Å². The highest BCUT2D eigenvalue weighted by Gasteiger charge is 2.12. The Labute approximate surface area is 134 Å². The summed E-state index contributed by atoms with van der Waals surface area (Å²) in [4.78, 5) is 12.0. The van der Waals surface area contributed by atoms with Gasteiger partial charge in [0.2, 0.25) is 5.91 Å². The Morgan fingerprint density at radius 2 is 2.09 bits per heavy atom. The van der Waals surface area contributed by atoms with Crippen LogP contribution in [-0.2, 0) is 11.2 Å². The fourth-order valence-corrected chi connectivity index (χ4v) is 2.75. The molecule has 0 aliphatic rings. The first-order valence-corrected chi connectivity index (χ1v) is 8.22. The van der Waals surface area contributed by atoms with Crippen LogP contribution in [0.5, 0.6) is 5.75 Å². The average Bonchev–Trinajstić information content (AvgIpc) is 3.00. The number of carbonyl (C=O) groups excluding carboxylic acids is 1. The lowest BCUT2D eigenvalue weighted by molar-refractivity contribution is -0.120. The van der Waals surface area contributed by atoms with Gasteiger partial charge in [0.15, 0.2) is 0 Å². The van der Waals surface area contributed by atoms with Gasteiger partial charge in [-0.05, 0) is 42.3 Å². The molecule has 0 saturated carbocycles. The van der Waals surface area contributed by atoms with E-state index in [1.807, 2.05) is 54.9 Å². The van der Waals surface area contributed by atoms with E-state index in [-0.39, 0.29) is 25.0 Å². The lowest BCUT2D eigenvalue weighted by Gasteiger charge is -2.15. The summed E-state index contributed by atoms with van der Waals surface area (Å²) >= 11 is 1.52. The molecule has 0 spiro atoms. The Bertz CT molecular complexity index is 596. The number of amides is 1. The molecule has 0 aliphatic carbocycles. The van der Waals surface area contributed by atoms with Crippen LogP contribution >= 0.6 is 11.3 Å². The van der Waals surface area contributed by atoms with Gasteiger partial charge in [-0.15, -0.1) is 0 Å². The molecular formula is C17H21NO3S. The van der Waals surface area contributed by atoms with Gasteiger partial charge in [0.25, 0.3) is 0 Å². The number of benzene rings is 1. The number of rotatable bonds is 7. The van der Waals surface area contributed by atoms with Crippen LogP contribution in [0.15, 0.2) is 41.1 Å². The molecule has 0 bridgehead atoms. The largest absolute Gasteiger partial charge is 0.491 e. The Morgan fingerprint density at radius 3 is 2.77 bits per heavy atom. The molecule has 2 rings (SSSR count). The number of carbonyl (C=O) groups is 1. The van der Waals surface area contributed by atoms with E-state index in [0.717, 1.165) is 16.9 Å². The van der Waals surface area contributed by atoms with Crippen molar-refractivity contribution in [2.24, 2.45) is 0 Å². The van der Waals surface area contributed by atoms with Crippen LogP contribution < -0.4 is 10.1 Å². The molecule has 1 aromatic carbocycles. The van der Waals surface area contributed by atoms with Gasteiger partial charge in [0.1, 0.15) is 5.75 Å². The maximum Gasteiger partial charge on any atom is 0.224 e. The molecule has 0 radical (unpaired) electrons. The minimum atomic E-state index is -0.669. The summed E-state index contributed by atoms with van der Waals surface area (Å²) in [6.07, 6.45) is -0.374. The Morgan fingerprint density at radius 1 is 1.32 bits per heavy atom. The number of nitrogens with one attached hydrogen (secondary N) is 1. The first kappa shape index (κ1) is 16.5. The number of thiophene rings is 1. The van der Waals surface area contributed by atoms with Crippen molar-refractivity contribution in [3.63, 3.8) is 0 Å². The summed E-state index contributed by atoms with van der Waals surface area (Å²) in [5.74, 6) is 0.597.